The van der Waals surface area contributed by atoms with Crippen LogP contribution in [0.2, 0.25) is 0 Å². The van der Waals surface area contributed by atoms with E-state index in [1.54, 1.807) is 0 Å². The number of benzene rings is 1. The van der Waals surface area contributed by atoms with Gasteiger partial charge in [0.1, 0.15) is 0 Å². The monoisotopic (exact) mass is 500 g/mol. The minimum absolute atomic E-state index is 0. The van der Waals surface area contributed by atoms with Gasteiger partial charge in [-0.25, -0.2) is 0 Å². The van der Waals surface area contributed by atoms with Crippen LogP contribution in [0.15, 0.2) is 35.2 Å². The van der Waals surface area contributed by atoms with Gasteiger partial charge >= 0.3 is 75.7 Å². The fourth-order valence-corrected chi connectivity index (χ4v) is 2.55. The van der Waals surface area contributed by atoms with Gasteiger partial charge in [-0.05, 0) is 12.1 Å². The van der Waals surface area contributed by atoms with Crippen molar-refractivity contribution in [3.8, 4) is 0 Å². The predicted molar refractivity (Wildman–Crippen MR) is 66.6 cm³/mol. The number of halogens is 13. The van der Waals surface area contributed by atoms with Crippen LogP contribution >= 0.6 is 0 Å². The van der Waals surface area contributed by atoms with Crippen LogP contribution in [-0.4, -0.2) is 44.4 Å². The summed E-state index contributed by atoms with van der Waals surface area (Å²) in [4.78, 5) is -1.38. The van der Waals surface area contributed by atoms with E-state index < -0.39 is 51.0 Å². The maximum absolute atomic E-state index is 13.4. The van der Waals surface area contributed by atoms with Crippen molar-refractivity contribution in [2.45, 2.75) is 40.9 Å². The van der Waals surface area contributed by atoms with Gasteiger partial charge in [-0.1, -0.05) is 18.2 Å². The van der Waals surface area contributed by atoms with Crippen molar-refractivity contribution in [2.75, 3.05) is 0 Å². The van der Waals surface area contributed by atoms with Crippen molar-refractivity contribution < 1.29 is 101 Å². The van der Waals surface area contributed by atoms with Crippen molar-refractivity contribution in [3.63, 3.8) is 0 Å². The Morgan fingerprint density at radius 2 is 1.00 bits per heavy atom. The minimum Gasteiger partial charge on any atom is -1.00 e. The Morgan fingerprint density at radius 3 is 1.37 bits per heavy atom. The van der Waals surface area contributed by atoms with E-state index in [4.69, 9.17) is 0 Å². The summed E-state index contributed by atoms with van der Waals surface area (Å²) in [7, 11) is -6.09. The van der Waals surface area contributed by atoms with E-state index in [0.29, 0.717) is 12.1 Å². The summed E-state index contributed by atoms with van der Waals surface area (Å²) in [6.07, 6.45) is -14.8. The average molecular weight is 500 g/mol. The van der Waals surface area contributed by atoms with Crippen LogP contribution in [0.25, 0.3) is 0 Å². The third-order valence-electron chi connectivity index (χ3n) is 3.15. The second-order valence-electron chi connectivity index (χ2n) is 5.16. The van der Waals surface area contributed by atoms with Gasteiger partial charge in [0, 0.05) is 0 Å². The zero-order chi connectivity index (χ0) is 23.3. The molecule has 0 spiro atoms. The third kappa shape index (κ3) is 4.54. The number of rotatable bonds is 7. The fraction of sp³-hybridized carbons (Fsp3) is 0.500. The maximum atomic E-state index is 13.4. The molecule has 30 heavy (non-hydrogen) atoms. The molecule has 0 bridgehead atoms. The summed E-state index contributed by atoms with van der Waals surface area (Å²) >= 11 is 0. The quantitative estimate of drug-likeness (QED) is 0.328. The third-order valence-corrected chi connectivity index (χ3v) is 4.43. The van der Waals surface area contributed by atoms with Crippen LogP contribution in [0.3, 0.4) is 0 Å². The zero-order valence-electron chi connectivity index (χ0n) is 14.9. The molecule has 1 aromatic rings. The summed E-state index contributed by atoms with van der Waals surface area (Å²) in [6, 6.07) is 3.43. The molecule has 18 heteroatoms. The van der Waals surface area contributed by atoms with Crippen LogP contribution in [-0.2, 0) is 14.3 Å². The second-order valence-corrected chi connectivity index (χ2v) is 6.71. The van der Waals surface area contributed by atoms with Gasteiger partial charge in [-0.2, -0.15) is 69.7 Å². The zero-order valence-corrected chi connectivity index (χ0v) is 16.7. The molecule has 0 heterocycles. The van der Waals surface area contributed by atoms with Crippen molar-refractivity contribution in [1.82, 2.24) is 0 Å². The van der Waals surface area contributed by atoms with E-state index in [-0.39, 0.29) is 31.0 Å². The summed E-state index contributed by atoms with van der Waals surface area (Å²) in [5.41, 5.74) is 0. The van der Waals surface area contributed by atoms with Gasteiger partial charge in [-0.3, -0.25) is 0 Å². The summed E-state index contributed by atoms with van der Waals surface area (Å²) in [5.74, 6) is -32.1. The first kappa shape index (κ1) is 29.2. The minimum atomic E-state index is -8.15. The molecule has 0 aliphatic carbocycles. The van der Waals surface area contributed by atoms with E-state index in [2.05, 4.69) is 4.18 Å². The van der Waals surface area contributed by atoms with Gasteiger partial charge in [-0.15, -0.1) is 0 Å². The van der Waals surface area contributed by atoms with Gasteiger partial charge < -0.3 is 1.43 Å². The van der Waals surface area contributed by atoms with Crippen molar-refractivity contribution in [2.24, 2.45) is 0 Å². The Labute approximate surface area is 182 Å². The first-order valence-electron chi connectivity index (χ1n) is 6.53. The van der Waals surface area contributed by atoms with Crippen LogP contribution in [0.1, 0.15) is 1.43 Å². The Hall–Kier alpha value is -0.780. The molecular weight excluding hydrogens is 494 g/mol. The van der Waals surface area contributed by atoms with Gasteiger partial charge in [0.05, 0.1) is 4.90 Å². The molecule has 0 radical (unpaired) electrons. The molecule has 1 aromatic carbocycles. The normalized spacial score (nSPS) is 15.0. The molecule has 0 aromatic heterocycles. The second kappa shape index (κ2) is 8.29. The predicted octanol–water partition coefficient (Wildman–Crippen LogP) is 2.20. The molecular formula is C12H6F13NaO3S. The standard InChI is InChI=1S/C12H5F13O3S.Na.H/c13-7(14,9(17,18)11(21,22)23)8(15,16)10(19,20)12(24,25)28-29(26,27)6-4-2-1-3-5-6;;/h1-5H;;/q;+1;-1. The largest absolute Gasteiger partial charge is 1.00 e. The van der Waals surface area contributed by atoms with Crippen LogP contribution in [0.5, 0.6) is 0 Å². The first-order valence-corrected chi connectivity index (χ1v) is 7.93. The topological polar surface area (TPSA) is 43.4 Å². The number of alkyl halides is 13. The van der Waals surface area contributed by atoms with Gasteiger partial charge in [0.2, 0.25) is 0 Å². The Bertz CT molecular complexity index is 843. The van der Waals surface area contributed by atoms with Crippen molar-refractivity contribution in [3.05, 3.63) is 30.3 Å². The average Bonchev–Trinajstić information content (AvgIpc) is 2.53. The molecule has 0 unspecified atom stereocenters. The van der Waals surface area contributed by atoms with Crippen molar-refractivity contribution in [1.29, 1.82) is 0 Å². The van der Waals surface area contributed by atoms with E-state index >= 15 is 0 Å². The Balaban J connectivity index is 0. The molecule has 0 amide bonds. The summed E-state index contributed by atoms with van der Waals surface area (Å²) < 4.78 is 192. The van der Waals surface area contributed by atoms with E-state index in [9.17, 15) is 65.5 Å². The first-order chi connectivity index (χ1) is 12.6. The molecule has 1 rings (SSSR count). The smallest absolute Gasteiger partial charge is 1.00 e. The molecule has 0 aliphatic heterocycles. The molecule has 0 aliphatic rings. The number of hydrogen-bond donors (Lipinski definition) is 0. The van der Waals surface area contributed by atoms with E-state index in [0.717, 1.165) is 18.2 Å². The Kier molecular flexibility index (Phi) is 8.07. The summed E-state index contributed by atoms with van der Waals surface area (Å²) in [6.45, 7) is 0. The Morgan fingerprint density at radius 1 is 0.633 bits per heavy atom. The van der Waals surface area contributed by atoms with Crippen molar-refractivity contribution >= 4 is 10.1 Å². The van der Waals surface area contributed by atoms with E-state index in [1.807, 2.05) is 0 Å². The number of hydrogen-bond acceptors (Lipinski definition) is 3. The fourth-order valence-electron chi connectivity index (χ4n) is 1.58. The molecule has 170 valence electrons. The van der Waals surface area contributed by atoms with Gasteiger partial charge in [0.25, 0.3) is 0 Å². The molecule has 0 atom stereocenters. The van der Waals surface area contributed by atoms with Crippen LogP contribution < -0.4 is 29.6 Å². The molecule has 0 N–H and O–H groups in total. The maximum Gasteiger partial charge on any atom is 1.00 e. The molecule has 0 saturated heterocycles. The van der Waals surface area contributed by atoms with Crippen LogP contribution in [0, 0.1) is 0 Å². The van der Waals surface area contributed by atoms with Gasteiger partial charge in [0.15, 0.2) is 0 Å². The van der Waals surface area contributed by atoms with E-state index in [1.165, 1.54) is 0 Å². The summed E-state index contributed by atoms with van der Waals surface area (Å²) in [5, 5.41) is 0. The molecule has 0 fully saturated rings. The van der Waals surface area contributed by atoms with Crippen LogP contribution in [0.4, 0.5) is 57.1 Å². The molecule has 0 saturated carbocycles. The SMILES string of the molecule is O=S(=O)(OC(F)(F)C(F)(F)C(F)(F)C(F)(F)C(F)(F)C(F)(F)F)c1ccccc1.[H-].[Na+]. The molecule has 3 nitrogen and oxygen atoms in total.